The molecule has 1 saturated heterocycles. The van der Waals surface area contributed by atoms with Crippen LogP contribution in [0.3, 0.4) is 0 Å². The van der Waals surface area contributed by atoms with Crippen LogP contribution in [0.5, 0.6) is 0 Å². The number of anilines is 3. The first-order chi connectivity index (χ1) is 13.5. The van der Waals surface area contributed by atoms with Crippen molar-refractivity contribution < 1.29 is 4.79 Å². The highest BCUT2D eigenvalue weighted by Crippen LogP contribution is 2.24. The van der Waals surface area contributed by atoms with Crippen LogP contribution in [-0.2, 0) is 0 Å². The Kier molecular flexibility index (Phi) is 6.46. The standard InChI is InChI=1S/C21H30N6O/c1-5-26(6-2)17-7-8-18(16(3)15-17)22-20-10-9-19(23-24-20)21(28)27-13-11-25(4)12-14-27/h7-10,15H,5-6,11-14H2,1-4H3,(H,22,24). The van der Waals surface area contributed by atoms with Gasteiger partial charge in [0.2, 0.25) is 0 Å². The number of hydrogen-bond acceptors (Lipinski definition) is 6. The molecule has 28 heavy (non-hydrogen) atoms. The lowest BCUT2D eigenvalue weighted by atomic mass is 10.1. The lowest BCUT2D eigenvalue weighted by Crippen LogP contribution is -2.47. The number of carbonyl (C=O) groups is 1. The third kappa shape index (κ3) is 4.59. The van der Waals surface area contributed by atoms with Gasteiger partial charge in [0.25, 0.3) is 5.91 Å². The Bertz CT molecular complexity index is 795. The van der Waals surface area contributed by atoms with Gasteiger partial charge >= 0.3 is 0 Å². The van der Waals surface area contributed by atoms with Gasteiger partial charge < -0.3 is 20.0 Å². The Morgan fingerprint density at radius 3 is 2.36 bits per heavy atom. The molecule has 1 aromatic heterocycles. The number of rotatable bonds is 6. The number of piperazine rings is 1. The van der Waals surface area contributed by atoms with E-state index in [-0.39, 0.29) is 5.91 Å². The van der Waals surface area contributed by atoms with Crippen molar-refractivity contribution in [1.29, 1.82) is 0 Å². The first kappa shape index (κ1) is 20.1. The van der Waals surface area contributed by atoms with E-state index in [1.807, 2.05) is 11.0 Å². The molecule has 0 aliphatic carbocycles. The fourth-order valence-corrected chi connectivity index (χ4v) is 3.40. The van der Waals surface area contributed by atoms with Gasteiger partial charge in [-0.3, -0.25) is 4.79 Å². The summed E-state index contributed by atoms with van der Waals surface area (Å²) >= 11 is 0. The first-order valence-electron chi connectivity index (χ1n) is 9.96. The van der Waals surface area contributed by atoms with Gasteiger partial charge in [0.15, 0.2) is 11.5 Å². The molecule has 1 aliphatic rings. The zero-order valence-corrected chi connectivity index (χ0v) is 17.3. The van der Waals surface area contributed by atoms with Gasteiger partial charge in [-0.2, -0.15) is 0 Å². The normalized spacial score (nSPS) is 14.8. The Morgan fingerprint density at radius 1 is 1.07 bits per heavy atom. The number of likely N-dealkylation sites (N-methyl/N-ethyl adjacent to an activating group) is 1. The molecule has 0 saturated carbocycles. The van der Waals surface area contributed by atoms with E-state index in [0.29, 0.717) is 11.5 Å². The van der Waals surface area contributed by atoms with Crippen LogP contribution in [0, 0.1) is 6.92 Å². The van der Waals surface area contributed by atoms with Crippen LogP contribution >= 0.6 is 0 Å². The Morgan fingerprint density at radius 2 is 1.79 bits per heavy atom. The molecule has 0 bridgehead atoms. The molecule has 7 heteroatoms. The van der Waals surface area contributed by atoms with Crippen molar-refractivity contribution >= 4 is 23.1 Å². The molecule has 0 unspecified atom stereocenters. The van der Waals surface area contributed by atoms with Crippen molar-refractivity contribution in [2.24, 2.45) is 0 Å². The number of aryl methyl sites for hydroxylation is 1. The molecule has 7 nitrogen and oxygen atoms in total. The molecule has 1 N–H and O–H groups in total. The summed E-state index contributed by atoms with van der Waals surface area (Å²) in [5.41, 5.74) is 3.74. The molecule has 2 aromatic rings. The van der Waals surface area contributed by atoms with Gasteiger partial charge in [-0.1, -0.05) is 0 Å². The summed E-state index contributed by atoms with van der Waals surface area (Å²) in [6.07, 6.45) is 0. The number of carbonyl (C=O) groups excluding carboxylic acids is 1. The molecule has 2 heterocycles. The van der Waals surface area contributed by atoms with Crippen LogP contribution in [0.25, 0.3) is 0 Å². The Labute approximate surface area is 167 Å². The summed E-state index contributed by atoms with van der Waals surface area (Å²) in [6, 6.07) is 9.91. The van der Waals surface area contributed by atoms with Gasteiger partial charge in [-0.05, 0) is 63.7 Å². The molecule has 150 valence electrons. The maximum Gasteiger partial charge on any atom is 0.274 e. The lowest BCUT2D eigenvalue weighted by molar-refractivity contribution is 0.0657. The number of hydrogen-bond donors (Lipinski definition) is 1. The summed E-state index contributed by atoms with van der Waals surface area (Å²) in [5.74, 6) is 0.584. The van der Waals surface area contributed by atoms with Crippen molar-refractivity contribution in [3.05, 3.63) is 41.6 Å². The van der Waals surface area contributed by atoms with E-state index in [1.165, 1.54) is 5.69 Å². The van der Waals surface area contributed by atoms with E-state index in [1.54, 1.807) is 6.07 Å². The zero-order valence-electron chi connectivity index (χ0n) is 17.3. The summed E-state index contributed by atoms with van der Waals surface area (Å²) in [4.78, 5) is 18.9. The van der Waals surface area contributed by atoms with Crippen molar-refractivity contribution in [2.45, 2.75) is 20.8 Å². The number of amides is 1. The molecule has 1 fully saturated rings. The summed E-state index contributed by atoms with van der Waals surface area (Å²) in [5, 5.41) is 11.7. The highest BCUT2D eigenvalue weighted by atomic mass is 16.2. The summed E-state index contributed by atoms with van der Waals surface area (Å²) in [7, 11) is 2.07. The second kappa shape index (κ2) is 9.01. The largest absolute Gasteiger partial charge is 0.372 e. The van der Waals surface area contributed by atoms with E-state index in [0.717, 1.165) is 50.5 Å². The van der Waals surface area contributed by atoms with Crippen LogP contribution in [-0.4, -0.2) is 72.2 Å². The summed E-state index contributed by atoms with van der Waals surface area (Å²) < 4.78 is 0. The molecule has 0 radical (unpaired) electrons. The van der Waals surface area contributed by atoms with Crippen LogP contribution in [0.2, 0.25) is 0 Å². The lowest BCUT2D eigenvalue weighted by Gasteiger charge is -2.32. The van der Waals surface area contributed by atoms with Gasteiger partial charge in [0.1, 0.15) is 0 Å². The minimum Gasteiger partial charge on any atom is -0.372 e. The van der Waals surface area contributed by atoms with Crippen LogP contribution in [0.1, 0.15) is 29.9 Å². The molecular weight excluding hydrogens is 352 g/mol. The monoisotopic (exact) mass is 382 g/mol. The molecule has 1 amide bonds. The maximum absolute atomic E-state index is 12.6. The smallest absolute Gasteiger partial charge is 0.274 e. The van der Waals surface area contributed by atoms with Crippen LogP contribution in [0.15, 0.2) is 30.3 Å². The Hall–Kier alpha value is -2.67. The number of benzene rings is 1. The van der Waals surface area contributed by atoms with E-state index < -0.39 is 0 Å². The third-order valence-corrected chi connectivity index (χ3v) is 5.28. The number of nitrogens with one attached hydrogen (secondary N) is 1. The van der Waals surface area contributed by atoms with Crippen molar-refractivity contribution in [3.63, 3.8) is 0 Å². The third-order valence-electron chi connectivity index (χ3n) is 5.28. The fourth-order valence-electron chi connectivity index (χ4n) is 3.40. The predicted octanol–water partition coefficient (Wildman–Crippen LogP) is 2.76. The quantitative estimate of drug-likeness (QED) is 0.829. The predicted molar refractivity (Wildman–Crippen MR) is 113 cm³/mol. The zero-order chi connectivity index (χ0) is 20.1. The second-order valence-electron chi connectivity index (χ2n) is 7.20. The molecular formula is C21H30N6O. The SMILES string of the molecule is CCN(CC)c1ccc(Nc2ccc(C(=O)N3CCN(C)CC3)nn2)c(C)c1. The molecule has 1 aliphatic heterocycles. The topological polar surface area (TPSA) is 64.6 Å². The minimum atomic E-state index is -0.0492. The van der Waals surface area contributed by atoms with E-state index >= 15 is 0 Å². The number of nitrogens with zero attached hydrogens (tertiary/aromatic N) is 5. The van der Waals surface area contributed by atoms with E-state index in [9.17, 15) is 4.79 Å². The second-order valence-corrected chi connectivity index (χ2v) is 7.20. The molecule has 0 atom stereocenters. The molecule has 1 aromatic carbocycles. The highest BCUT2D eigenvalue weighted by Gasteiger charge is 2.21. The van der Waals surface area contributed by atoms with E-state index in [2.05, 4.69) is 71.3 Å². The summed E-state index contributed by atoms with van der Waals surface area (Å²) in [6.45, 7) is 11.6. The van der Waals surface area contributed by atoms with Gasteiger partial charge in [-0.25, -0.2) is 0 Å². The van der Waals surface area contributed by atoms with Gasteiger partial charge in [-0.15, -0.1) is 10.2 Å². The molecule has 0 spiro atoms. The van der Waals surface area contributed by atoms with Gasteiger partial charge in [0, 0.05) is 50.6 Å². The maximum atomic E-state index is 12.6. The van der Waals surface area contributed by atoms with Crippen LogP contribution < -0.4 is 10.2 Å². The average Bonchev–Trinajstić information content (AvgIpc) is 2.71. The molecule has 3 rings (SSSR count). The van der Waals surface area contributed by atoms with Gasteiger partial charge in [0.05, 0.1) is 0 Å². The average molecular weight is 383 g/mol. The van der Waals surface area contributed by atoms with Crippen LogP contribution in [0.4, 0.5) is 17.2 Å². The minimum absolute atomic E-state index is 0.0492. The Balaban J connectivity index is 1.66. The highest BCUT2D eigenvalue weighted by molar-refractivity contribution is 5.92. The first-order valence-corrected chi connectivity index (χ1v) is 9.96. The number of aromatic nitrogens is 2. The van der Waals surface area contributed by atoms with Crippen molar-refractivity contribution in [2.75, 3.05) is 56.5 Å². The van der Waals surface area contributed by atoms with Crippen molar-refractivity contribution in [1.82, 2.24) is 20.0 Å². The van der Waals surface area contributed by atoms with E-state index in [4.69, 9.17) is 0 Å². The fraction of sp³-hybridized carbons (Fsp3) is 0.476. The van der Waals surface area contributed by atoms with Crippen molar-refractivity contribution in [3.8, 4) is 0 Å².